The highest BCUT2D eigenvalue weighted by Gasteiger charge is 2.01. The zero-order valence-electron chi connectivity index (χ0n) is 10.6. The molecule has 0 aliphatic heterocycles. The van der Waals surface area contributed by atoms with Gasteiger partial charge in [-0.15, -0.1) is 0 Å². The lowest BCUT2D eigenvalue weighted by molar-refractivity contribution is 0.289. The van der Waals surface area contributed by atoms with E-state index in [1.165, 1.54) is 0 Å². The monoisotopic (exact) mass is 241 g/mol. The van der Waals surface area contributed by atoms with Gasteiger partial charge in [0.05, 0.1) is 23.9 Å². The van der Waals surface area contributed by atoms with Crippen LogP contribution in [0.3, 0.4) is 0 Å². The molecule has 0 spiro atoms. The van der Waals surface area contributed by atoms with Gasteiger partial charge in [-0.2, -0.15) is 10.4 Å². The summed E-state index contributed by atoms with van der Waals surface area (Å²) in [4.78, 5) is 0. The Labute approximate surface area is 106 Å². The third kappa shape index (κ3) is 2.89. The van der Waals surface area contributed by atoms with E-state index in [0.717, 1.165) is 17.1 Å². The smallest absolute Gasteiger partial charge is 0.120 e. The SMILES string of the molecule is Cc1cc(C)n(CCOc2cccc(C#N)c2)n1. The molecule has 0 saturated carbocycles. The fourth-order valence-electron chi connectivity index (χ4n) is 1.81. The summed E-state index contributed by atoms with van der Waals surface area (Å²) >= 11 is 0. The Morgan fingerprint density at radius 2 is 2.17 bits per heavy atom. The minimum Gasteiger partial charge on any atom is -0.492 e. The molecule has 0 radical (unpaired) electrons. The van der Waals surface area contributed by atoms with Crippen molar-refractivity contribution in [1.29, 1.82) is 5.26 Å². The highest BCUT2D eigenvalue weighted by molar-refractivity contribution is 5.36. The maximum Gasteiger partial charge on any atom is 0.120 e. The normalized spacial score (nSPS) is 10.1. The Hall–Kier alpha value is -2.28. The lowest BCUT2D eigenvalue weighted by Gasteiger charge is -2.07. The highest BCUT2D eigenvalue weighted by Crippen LogP contribution is 2.12. The molecule has 0 atom stereocenters. The van der Waals surface area contributed by atoms with Crippen molar-refractivity contribution in [1.82, 2.24) is 9.78 Å². The van der Waals surface area contributed by atoms with Crippen LogP contribution >= 0.6 is 0 Å². The Kier molecular flexibility index (Phi) is 3.63. The maximum absolute atomic E-state index is 8.78. The second kappa shape index (κ2) is 5.37. The van der Waals surface area contributed by atoms with E-state index < -0.39 is 0 Å². The average Bonchev–Trinajstić information content (AvgIpc) is 2.68. The molecule has 0 amide bonds. The van der Waals surface area contributed by atoms with Crippen molar-refractivity contribution >= 4 is 0 Å². The number of hydrogen-bond donors (Lipinski definition) is 0. The van der Waals surface area contributed by atoms with Crippen molar-refractivity contribution in [3.05, 3.63) is 47.3 Å². The molecule has 92 valence electrons. The number of benzene rings is 1. The van der Waals surface area contributed by atoms with Crippen LogP contribution in [0.15, 0.2) is 30.3 Å². The summed E-state index contributed by atoms with van der Waals surface area (Å²) in [6, 6.07) is 11.3. The van der Waals surface area contributed by atoms with Gasteiger partial charge in [0.1, 0.15) is 12.4 Å². The van der Waals surface area contributed by atoms with E-state index in [0.29, 0.717) is 18.7 Å². The third-order valence-corrected chi connectivity index (χ3v) is 2.64. The zero-order valence-corrected chi connectivity index (χ0v) is 10.6. The number of nitriles is 1. The maximum atomic E-state index is 8.78. The summed E-state index contributed by atoms with van der Waals surface area (Å²) in [5.74, 6) is 0.718. The number of ether oxygens (including phenoxy) is 1. The lowest BCUT2D eigenvalue weighted by atomic mass is 10.2. The minimum absolute atomic E-state index is 0.539. The second-order valence-corrected chi connectivity index (χ2v) is 4.14. The molecular weight excluding hydrogens is 226 g/mol. The van der Waals surface area contributed by atoms with E-state index in [-0.39, 0.29) is 0 Å². The first-order valence-electron chi connectivity index (χ1n) is 5.83. The van der Waals surface area contributed by atoms with Gasteiger partial charge in [0.2, 0.25) is 0 Å². The molecule has 4 nitrogen and oxygen atoms in total. The van der Waals surface area contributed by atoms with Crippen LogP contribution in [0.4, 0.5) is 0 Å². The van der Waals surface area contributed by atoms with Crippen molar-refractivity contribution < 1.29 is 4.74 Å². The van der Waals surface area contributed by atoms with E-state index in [4.69, 9.17) is 10.00 Å². The highest BCUT2D eigenvalue weighted by atomic mass is 16.5. The summed E-state index contributed by atoms with van der Waals surface area (Å²) < 4.78 is 7.52. The Morgan fingerprint density at radius 1 is 1.33 bits per heavy atom. The molecule has 0 aliphatic rings. The minimum atomic E-state index is 0.539. The molecule has 2 rings (SSSR count). The van der Waals surface area contributed by atoms with Gasteiger partial charge in [-0.1, -0.05) is 6.07 Å². The molecule has 0 saturated heterocycles. The summed E-state index contributed by atoms with van der Waals surface area (Å²) in [5, 5.41) is 13.1. The van der Waals surface area contributed by atoms with Gasteiger partial charge in [-0.3, -0.25) is 4.68 Å². The predicted octanol–water partition coefficient (Wildman–Crippen LogP) is 2.45. The van der Waals surface area contributed by atoms with Gasteiger partial charge in [0, 0.05) is 5.69 Å². The summed E-state index contributed by atoms with van der Waals surface area (Å²) in [5.41, 5.74) is 2.75. The Morgan fingerprint density at radius 3 is 2.83 bits per heavy atom. The Bertz CT molecular complexity index is 581. The lowest BCUT2D eigenvalue weighted by Crippen LogP contribution is -2.10. The van der Waals surface area contributed by atoms with Crippen LogP contribution in [0.2, 0.25) is 0 Å². The van der Waals surface area contributed by atoms with Gasteiger partial charge in [-0.25, -0.2) is 0 Å². The molecule has 4 heteroatoms. The van der Waals surface area contributed by atoms with Crippen LogP contribution in [-0.2, 0) is 6.54 Å². The van der Waals surface area contributed by atoms with Crippen LogP contribution < -0.4 is 4.74 Å². The van der Waals surface area contributed by atoms with Gasteiger partial charge in [-0.05, 0) is 38.1 Å². The van der Waals surface area contributed by atoms with Gasteiger partial charge < -0.3 is 4.74 Å². The summed E-state index contributed by atoms with van der Waals surface area (Å²) in [6.07, 6.45) is 0. The van der Waals surface area contributed by atoms with Crippen LogP contribution in [0, 0.1) is 25.2 Å². The number of rotatable bonds is 4. The molecule has 0 N–H and O–H groups in total. The molecule has 2 aromatic rings. The summed E-state index contributed by atoms with van der Waals surface area (Å²) in [7, 11) is 0. The quantitative estimate of drug-likeness (QED) is 0.826. The second-order valence-electron chi connectivity index (χ2n) is 4.14. The average molecular weight is 241 g/mol. The standard InChI is InChI=1S/C14H15N3O/c1-11-8-12(2)17(16-11)6-7-18-14-5-3-4-13(9-14)10-15/h3-5,8-9H,6-7H2,1-2H3. The van der Waals surface area contributed by atoms with Crippen LogP contribution in [0.25, 0.3) is 0 Å². The first-order valence-corrected chi connectivity index (χ1v) is 5.83. The van der Waals surface area contributed by atoms with E-state index >= 15 is 0 Å². The molecule has 1 heterocycles. The van der Waals surface area contributed by atoms with E-state index in [9.17, 15) is 0 Å². The Balaban J connectivity index is 1.92. The molecule has 18 heavy (non-hydrogen) atoms. The van der Waals surface area contributed by atoms with E-state index in [1.807, 2.05) is 36.7 Å². The predicted molar refractivity (Wildman–Crippen MR) is 68.4 cm³/mol. The number of hydrogen-bond acceptors (Lipinski definition) is 3. The molecule has 1 aromatic heterocycles. The fraction of sp³-hybridized carbons (Fsp3) is 0.286. The van der Waals surface area contributed by atoms with Crippen LogP contribution in [0.5, 0.6) is 5.75 Å². The van der Waals surface area contributed by atoms with Crippen LogP contribution in [0.1, 0.15) is 17.0 Å². The number of aromatic nitrogens is 2. The van der Waals surface area contributed by atoms with Gasteiger partial charge in [0.15, 0.2) is 0 Å². The number of aryl methyl sites for hydroxylation is 2. The van der Waals surface area contributed by atoms with Crippen molar-refractivity contribution in [3.8, 4) is 11.8 Å². The van der Waals surface area contributed by atoms with E-state index in [2.05, 4.69) is 11.2 Å². The van der Waals surface area contributed by atoms with Crippen molar-refractivity contribution in [2.75, 3.05) is 6.61 Å². The molecular formula is C14H15N3O. The van der Waals surface area contributed by atoms with E-state index in [1.54, 1.807) is 12.1 Å². The fourth-order valence-corrected chi connectivity index (χ4v) is 1.81. The molecule has 0 fully saturated rings. The molecule has 0 unspecified atom stereocenters. The third-order valence-electron chi connectivity index (χ3n) is 2.64. The zero-order chi connectivity index (χ0) is 13.0. The molecule has 0 aliphatic carbocycles. The number of nitrogens with zero attached hydrogens (tertiary/aromatic N) is 3. The van der Waals surface area contributed by atoms with Gasteiger partial charge in [0.25, 0.3) is 0 Å². The van der Waals surface area contributed by atoms with Crippen molar-refractivity contribution in [2.24, 2.45) is 0 Å². The van der Waals surface area contributed by atoms with Crippen molar-refractivity contribution in [3.63, 3.8) is 0 Å². The first-order chi connectivity index (χ1) is 8.69. The molecule has 1 aromatic carbocycles. The topological polar surface area (TPSA) is 50.8 Å². The summed E-state index contributed by atoms with van der Waals surface area (Å²) in [6.45, 7) is 5.24. The largest absolute Gasteiger partial charge is 0.492 e. The van der Waals surface area contributed by atoms with Gasteiger partial charge >= 0.3 is 0 Å². The first kappa shape index (κ1) is 12.2. The van der Waals surface area contributed by atoms with Crippen molar-refractivity contribution in [2.45, 2.75) is 20.4 Å². The van der Waals surface area contributed by atoms with Crippen LogP contribution in [-0.4, -0.2) is 16.4 Å². The molecule has 0 bridgehead atoms.